The molecule has 2 aromatic carbocycles. The molecular formula is C21H18ClFN4O3. The molecule has 1 aromatic heterocycles. The normalized spacial score (nSPS) is 11.1. The SMILES string of the molecule is Cc1nn(Cc2ccc(F)cc2Cl)c(C)c1NC(=O)/C=C/c1cccc([N+](=O)[O-])c1. The van der Waals surface area contributed by atoms with Gasteiger partial charge in [0.25, 0.3) is 5.69 Å². The number of nitro benzene ring substituents is 1. The first-order valence-electron chi connectivity index (χ1n) is 8.96. The Labute approximate surface area is 176 Å². The van der Waals surface area contributed by atoms with Gasteiger partial charge in [0, 0.05) is 23.2 Å². The zero-order chi connectivity index (χ0) is 21.8. The Bertz CT molecular complexity index is 1160. The van der Waals surface area contributed by atoms with Crippen LogP contribution in [-0.2, 0) is 11.3 Å². The number of hydrogen-bond donors (Lipinski definition) is 1. The number of amides is 1. The van der Waals surface area contributed by atoms with Gasteiger partial charge in [0.2, 0.25) is 5.91 Å². The molecule has 0 spiro atoms. The monoisotopic (exact) mass is 428 g/mol. The molecule has 0 aliphatic carbocycles. The number of nitrogens with one attached hydrogen (secondary N) is 1. The minimum absolute atomic E-state index is 0.0509. The van der Waals surface area contributed by atoms with Crippen molar-refractivity contribution in [1.29, 1.82) is 0 Å². The molecule has 0 atom stereocenters. The maximum absolute atomic E-state index is 13.2. The predicted molar refractivity (Wildman–Crippen MR) is 113 cm³/mol. The highest BCUT2D eigenvalue weighted by Gasteiger charge is 2.14. The molecular weight excluding hydrogens is 411 g/mol. The van der Waals surface area contributed by atoms with Gasteiger partial charge in [-0.15, -0.1) is 0 Å². The van der Waals surface area contributed by atoms with Crippen molar-refractivity contribution in [3.05, 3.63) is 92.0 Å². The molecule has 3 rings (SSSR count). The minimum Gasteiger partial charge on any atom is -0.319 e. The first-order chi connectivity index (χ1) is 14.2. The van der Waals surface area contributed by atoms with Gasteiger partial charge in [0.05, 0.1) is 28.5 Å². The highest BCUT2D eigenvalue weighted by molar-refractivity contribution is 6.31. The number of aryl methyl sites for hydroxylation is 1. The van der Waals surface area contributed by atoms with Gasteiger partial charge in [-0.05, 0) is 43.2 Å². The fourth-order valence-electron chi connectivity index (χ4n) is 2.92. The molecule has 0 aliphatic rings. The molecule has 1 heterocycles. The highest BCUT2D eigenvalue weighted by Crippen LogP contribution is 2.23. The summed E-state index contributed by atoms with van der Waals surface area (Å²) >= 11 is 6.09. The molecule has 0 saturated carbocycles. The van der Waals surface area contributed by atoms with E-state index in [1.165, 1.54) is 36.4 Å². The number of anilines is 1. The lowest BCUT2D eigenvalue weighted by atomic mass is 10.2. The van der Waals surface area contributed by atoms with Crippen molar-refractivity contribution >= 4 is 35.0 Å². The van der Waals surface area contributed by atoms with Crippen molar-refractivity contribution in [1.82, 2.24) is 9.78 Å². The Morgan fingerprint density at radius 1 is 1.30 bits per heavy atom. The van der Waals surface area contributed by atoms with Crippen LogP contribution in [0.2, 0.25) is 5.02 Å². The molecule has 1 amide bonds. The lowest BCUT2D eigenvalue weighted by Crippen LogP contribution is -2.10. The average Bonchev–Trinajstić information content (AvgIpc) is 2.96. The van der Waals surface area contributed by atoms with Gasteiger partial charge in [0.15, 0.2) is 0 Å². The number of nitrogens with zero attached hydrogens (tertiary/aromatic N) is 3. The number of carbonyl (C=O) groups excluding carboxylic acids is 1. The number of carbonyl (C=O) groups is 1. The lowest BCUT2D eigenvalue weighted by molar-refractivity contribution is -0.384. The Morgan fingerprint density at radius 2 is 2.07 bits per heavy atom. The predicted octanol–water partition coefficient (Wildman–Crippen LogP) is 4.90. The van der Waals surface area contributed by atoms with E-state index in [1.54, 1.807) is 36.7 Å². The molecule has 0 radical (unpaired) electrons. The molecule has 7 nitrogen and oxygen atoms in total. The van der Waals surface area contributed by atoms with Crippen LogP contribution in [0.5, 0.6) is 0 Å². The Balaban J connectivity index is 1.74. The van der Waals surface area contributed by atoms with E-state index in [0.29, 0.717) is 39.8 Å². The summed E-state index contributed by atoms with van der Waals surface area (Å²) in [7, 11) is 0. The molecule has 9 heteroatoms. The third kappa shape index (κ3) is 4.90. The summed E-state index contributed by atoms with van der Waals surface area (Å²) in [5.41, 5.74) is 3.07. The fraction of sp³-hybridized carbons (Fsp3) is 0.143. The summed E-state index contributed by atoms with van der Waals surface area (Å²) in [5.74, 6) is -0.812. The van der Waals surface area contributed by atoms with Crippen LogP contribution >= 0.6 is 11.6 Å². The van der Waals surface area contributed by atoms with E-state index in [1.807, 2.05) is 0 Å². The summed E-state index contributed by atoms with van der Waals surface area (Å²) in [6, 6.07) is 10.1. The van der Waals surface area contributed by atoms with Gasteiger partial charge < -0.3 is 5.32 Å². The largest absolute Gasteiger partial charge is 0.319 e. The third-order valence-corrected chi connectivity index (χ3v) is 4.82. The second kappa shape index (κ2) is 8.87. The first kappa shape index (κ1) is 21.2. The van der Waals surface area contributed by atoms with Gasteiger partial charge in [-0.3, -0.25) is 19.6 Å². The summed E-state index contributed by atoms with van der Waals surface area (Å²) in [6.45, 7) is 3.89. The van der Waals surface area contributed by atoms with Crippen molar-refractivity contribution in [3.63, 3.8) is 0 Å². The van der Waals surface area contributed by atoms with Crippen LogP contribution in [0.15, 0.2) is 48.5 Å². The topological polar surface area (TPSA) is 90.1 Å². The number of halogens is 2. The zero-order valence-electron chi connectivity index (χ0n) is 16.2. The molecule has 1 N–H and O–H groups in total. The van der Waals surface area contributed by atoms with Crippen molar-refractivity contribution < 1.29 is 14.1 Å². The van der Waals surface area contributed by atoms with E-state index in [0.717, 1.165) is 0 Å². The summed E-state index contributed by atoms with van der Waals surface area (Å²) in [5, 5.41) is 18.3. The summed E-state index contributed by atoms with van der Waals surface area (Å²) in [6.07, 6.45) is 2.79. The average molecular weight is 429 g/mol. The van der Waals surface area contributed by atoms with E-state index < -0.39 is 16.6 Å². The number of hydrogen-bond acceptors (Lipinski definition) is 4. The van der Waals surface area contributed by atoms with Gasteiger partial charge >= 0.3 is 0 Å². The van der Waals surface area contributed by atoms with E-state index in [-0.39, 0.29) is 5.69 Å². The Kier molecular flexibility index (Phi) is 6.27. The second-order valence-corrected chi connectivity index (χ2v) is 7.02. The third-order valence-electron chi connectivity index (χ3n) is 4.47. The molecule has 154 valence electrons. The molecule has 0 unspecified atom stereocenters. The van der Waals surface area contributed by atoms with Gasteiger partial charge in [0.1, 0.15) is 5.82 Å². The summed E-state index contributed by atoms with van der Waals surface area (Å²) < 4.78 is 14.9. The molecule has 0 saturated heterocycles. The van der Waals surface area contributed by atoms with Crippen LogP contribution in [0.4, 0.5) is 15.8 Å². The van der Waals surface area contributed by atoms with Crippen molar-refractivity contribution in [2.45, 2.75) is 20.4 Å². The Morgan fingerprint density at radius 3 is 2.77 bits per heavy atom. The number of aromatic nitrogens is 2. The standard InChI is InChI=1S/C21H18ClFN4O3/c1-13-21(14(2)26(25-13)12-16-7-8-17(23)11-19(16)22)24-20(28)9-6-15-4-3-5-18(10-15)27(29)30/h3-11H,12H2,1-2H3,(H,24,28)/b9-6+. The lowest BCUT2D eigenvalue weighted by Gasteiger charge is -2.08. The Hall–Kier alpha value is -3.52. The zero-order valence-corrected chi connectivity index (χ0v) is 17.0. The van der Waals surface area contributed by atoms with E-state index in [4.69, 9.17) is 11.6 Å². The minimum atomic E-state index is -0.494. The highest BCUT2D eigenvalue weighted by atomic mass is 35.5. The van der Waals surface area contributed by atoms with Crippen LogP contribution in [0.1, 0.15) is 22.5 Å². The van der Waals surface area contributed by atoms with Crippen LogP contribution in [0.25, 0.3) is 6.08 Å². The van der Waals surface area contributed by atoms with Gasteiger partial charge in [-0.2, -0.15) is 5.10 Å². The molecule has 30 heavy (non-hydrogen) atoms. The van der Waals surface area contributed by atoms with Gasteiger partial charge in [-0.1, -0.05) is 29.8 Å². The van der Waals surface area contributed by atoms with E-state index in [9.17, 15) is 19.3 Å². The fourth-order valence-corrected chi connectivity index (χ4v) is 3.15. The van der Waals surface area contributed by atoms with Gasteiger partial charge in [-0.25, -0.2) is 4.39 Å². The maximum Gasteiger partial charge on any atom is 0.270 e. The second-order valence-electron chi connectivity index (χ2n) is 6.61. The van der Waals surface area contributed by atoms with Crippen LogP contribution < -0.4 is 5.32 Å². The van der Waals surface area contributed by atoms with Crippen LogP contribution in [0, 0.1) is 29.8 Å². The smallest absolute Gasteiger partial charge is 0.270 e. The number of nitro groups is 1. The molecule has 3 aromatic rings. The first-order valence-corrected chi connectivity index (χ1v) is 9.34. The van der Waals surface area contributed by atoms with Crippen molar-refractivity contribution in [2.24, 2.45) is 0 Å². The van der Waals surface area contributed by atoms with Crippen molar-refractivity contribution in [3.8, 4) is 0 Å². The van der Waals surface area contributed by atoms with E-state index in [2.05, 4.69) is 10.4 Å². The summed E-state index contributed by atoms with van der Waals surface area (Å²) in [4.78, 5) is 22.7. The molecule has 0 aliphatic heterocycles. The number of benzene rings is 2. The molecule has 0 bridgehead atoms. The molecule has 0 fully saturated rings. The van der Waals surface area contributed by atoms with E-state index >= 15 is 0 Å². The maximum atomic E-state index is 13.2. The van der Waals surface area contributed by atoms with Crippen LogP contribution in [0.3, 0.4) is 0 Å². The van der Waals surface area contributed by atoms with Crippen LogP contribution in [-0.4, -0.2) is 20.6 Å². The number of rotatable bonds is 6. The quantitative estimate of drug-likeness (QED) is 0.343. The van der Waals surface area contributed by atoms with Crippen molar-refractivity contribution in [2.75, 3.05) is 5.32 Å². The number of non-ortho nitro benzene ring substituents is 1.